The minimum absolute atomic E-state index is 0.207. The summed E-state index contributed by atoms with van der Waals surface area (Å²) in [5.74, 6) is -1.31. The smallest absolute Gasteiger partial charge is 0.419 e. The minimum Gasteiger partial charge on any atom is -0.481 e. The van der Waals surface area contributed by atoms with E-state index in [9.17, 15) is 18.0 Å². The summed E-state index contributed by atoms with van der Waals surface area (Å²) in [6.07, 6.45) is -0.787. The van der Waals surface area contributed by atoms with Gasteiger partial charge in [-0.15, -0.1) is 0 Å². The van der Waals surface area contributed by atoms with Crippen LogP contribution in [0.4, 0.5) is 19.0 Å². The van der Waals surface area contributed by atoms with Crippen molar-refractivity contribution in [2.75, 3.05) is 5.32 Å². The lowest BCUT2D eigenvalue weighted by atomic mass is 9.93. The molecule has 1 heterocycles. The van der Waals surface area contributed by atoms with Crippen LogP contribution >= 0.6 is 0 Å². The van der Waals surface area contributed by atoms with Crippen molar-refractivity contribution in [3.63, 3.8) is 0 Å². The number of anilines is 1. The molecule has 20 heavy (non-hydrogen) atoms. The molecule has 0 amide bonds. The van der Waals surface area contributed by atoms with Crippen LogP contribution in [0.5, 0.6) is 0 Å². The number of hydrogen-bond acceptors (Lipinski definition) is 3. The van der Waals surface area contributed by atoms with Crippen molar-refractivity contribution >= 4 is 11.8 Å². The van der Waals surface area contributed by atoms with Crippen molar-refractivity contribution in [1.29, 1.82) is 0 Å². The second kappa shape index (κ2) is 5.30. The zero-order valence-corrected chi connectivity index (χ0v) is 10.7. The predicted octanol–water partition coefficient (Wildman–Crippen LogP) is 3.30. The molecule has 0 aliphatic heterocycles. The Morgan fingerprint density at radius 1 is 1.40 bits per heavy atom. The SMILES string of the molecule is O=C(O)CC1(Nc2ncccc2C(F)(F)F)CCCC1. The Balaban J connectivity index is 2.30. The normalized spacial score (nSPS) is 17.9. The van der Waals surface area contributed by atoms with Gasteiger partial charge in [-0.05, 0) is 25.0 Å². The van der Waals surface area contributed by atoms with Crippen molar-refractivity contribution in [2.24, 2.45) is 0 Å². The maximum Gasteiger partial charge on any atom is 0.419 e. The predicted molar refractivity (Wildman–Crippen MR) is 66.3 cm³/mol. The molecule has 0 radical (unpaired) electrons. The highest BCUT2D eigenvalue weighted by Crippen LogP contribution is 2.39. The van der Waals surface area contributed by atoms with Crippen LogP contribution in [0.25, 0.3) is 0 Å². The van der Waals surface area contributed by atoms with Crippen molar-refractivity contribution < 1.29 is 23.1 Å². The van der Waals surface area contributed by atoms with E-state index in [1.165, 1.54) is 12.3 Å². The maximum atomic E-state index is 12.9. The van der Waals surface area contributed by atoms with Crippen molar-refractivity contribution in [2.45, 2.75) is 43.8 Å². The molecule has 0 aromatic carbocycles. The maximum absolute atomic E-state index is 12.9. The number of hydrogen-bond donors (Lipinski definition) is 2. The molecule has 1 fully saturated rings. The molecular weight excluding hydrogens is 273 g/mol. The molecule has 7 heteroatoms. The third kappa shape index (κ3) is 3.20. The van der Waals surface area contributed by atoms with Crippen LogP contribution in [0.3, 0.4) is 0 Å². The van der Waals surface area contributed by atoms with Crippen LogP contribution < -0.4 is 5.32 Å². The van der Waals surface area contributed by atoms with Crippen LogP contribution in [0.15, 0.2) is 18.3 Å². The minimum atomic E-state index is -4.51. The van der Waals surface area contributed by atoms with E-state index in [0.29, 0.717) is 12.8 Å². The summed E-state index contributed by atoms with van der Waals surface area (Å²) in [5, 5.41) is 11.7. The first kappa shape index (κ1) is 14.6. The van der Waals surface area contributed by atoms with E-state index in [2.05, 4.69) is 10.3 Å². The van der Waals surface area contributed by atoms with Crippen molar-refractivity contribution in [1.82, 2.24) is 4.98 Å². The van der Waals surface area contributed by atoms with Crippen molar-refractivity contribution in [3.05, 3.63) is 23.9 Å². The topological polar surface area (TPSA) is 62.2 Å². The third-order valence-corrected chi connectivity index (χ3v) is 3.55. The lowest BCUT2D eigenvalue weighted by Crippen LogP contribution is -2.38. The highest BCUT2D eigenvalue weighted by Gasteiger charge is 2.40. The molecule has 1 aliphatic carbocycles. The fourth-order valence-corrected chi connectivity index (χ4v) is 2.67. The summed E-state index contributed by atoms with van der Waals surface area (Å²) >= 11 is 0. The molecule has 4 nitrogen and oxygen atoms in total. The molecular formula is C13H15F3N2O2. The Bertz CT molecular complexity index is 497. The lowest BCUT2D eigenvalue weighted by molar-refractivity contribution is -0.138. The molecule has 1 aromatic heterocycles. The second-order valence-electron chi connectivity index (χ2n) is 5.08. The van der Waals surface area contributed by atoms with Gasteiger partial charge in [0.15, 0.2) is 0 Å². The Morgan fingerprint density at radius 2 is 2.05 bits per heavy atom. The summed E-state index contributed by atoms with van der Waals surface area (Å²) in [4.78, 5) is 14.7. The Morgan fingerprint density at radius 3 is 2.60 bits per heavy atom. The number of halogens is 3. The number of alkyl halides is 3. The first-order valence-corrected chi connectivity index (χ1v) is 6.35. The van der Waals surface area contributed by atoms with Gasteiger partial charge in [-0.1, -0.05) is 12.8 Å². The average Bonchev–Trinajstić information content (AvgIpc) is 2.75. The van der Waals surface area contributed by atoms with E-state index in [0.717, 1.165) is 18.9 Å². The molecule has 2 N–H and O–H groups in total. The van der Waals surface area contributed by atoms with Gasteiger partial charge >= 0.3 is 12.1 Å². The molecule has 1 aromatic rings. The second-order valence-corrected chi connectivity index (χ2v) is 5.08. The summed E-state index contributed by atoms with van der Waals surface area (Å²) in [5.41, 5.74) is -1.70. The van der Waals surface area contributed by atoms with Gasteiger partial charge in [0.2, 0.25) is 0 Å². The number of carboxylic acid groups (broad SMARTS) is 1. The van der Waals surface area contributed by atoms with E-state index in [-0.39, 0.29) is 12.2 Å². The fourth-order valence-electron chi connectivity index (χ4n) is 2.67. The monoisotopic (exact) mass is 288 g/mol. The van der Waals surface area contributed by atoms with Crippen molar-refractivity contribution in [3.8, 4) is 0 Å². The Hall–Kier alpha value is -1.79. The third-order valence-electron chi connectivity index (χ3n) is 3.55. The largest absolute Gasteiger partial charge is 0.481 e. The van der Waals surface area contributed by atoms with Gasteiger partial charge in [-0.3, -0.25) is 4.79 Å². The van der Waals surface area contributed by atoms with Gasteiger partial charge in [0.25, 0.3) is 0 Å². The zero-order valence-electron chi connectivity index (χ0n) is 10.7. The summed E-state index contributed by atoms with van der Waals surface area (Å²) < 4.78 is 38.7. The van der Waals surface area contributed by atoms with Gasteiger partial charge in [-0.25, -0.2) is 4.98 Å². The van der Waals surface area contributed by atoms with Crippen LogP contribution in [0.1, 0.15) is 37.7 Å². The molecule has 2 rings (SSSR count). The van der Waals surface area contributed by atoms with E-state index in [1.807, 2.05) is 0 Å². The number of carbonyl (C=O) groups is 1. The Kier molecular flexibility index (Phi) is 3.87. The quantitative estimate of drug-likeness (QED) is 0.892. The first-order chi connectivity index (χ1) is 9.32. The average molecular weight is 288 g/mol. The highest BCUT2D eigenvalue weighted by molar-refractivity contribution is 5.69. The van der Waals surface area contributed by atoms with E-state index in [1.54, 1.807) is 0 Å². The first-order valence-electron chi connectivity index (χ1n) is 6.35. The standard InChI is InChI=1S/C13H15F3N2O2/c14-13(15,16)9-4-3-7-17-11(9)18-12(8-10(19)20)5-1-2-6-12/h3-4,7H,1-2,5-6,8H2,(H,17,18)(H,19,20). The molecule has 0 atom stereocenters. The van der Waals surface area contributed by atoms with E-state index < -0.39 is 23.2 Å². The Labute approximate surface area is 114 Å². The zero-order chi connectivity index (χ0) is 14.8. The van der Waals surface area contributed by atoms with E-state index >= 15 is 0 Å². The number of nitrogens with one attached hydrogen (secondary N) is 1. The number of rotatable bonds is 4. The van der Waals surface area contributed by atoms with Crippen LogP contribution in [-0.4, -0.2) is 21.6 Å². The van der Waals surface area contributed by atoms with Gasteiger partial charge < -0.3 is 10.4 Å². The number of nitrogens with zero attached hydrogens (tertiary/aromatic N) is 1. The molecule has 0 bridgehead atoms. The van der Waals surface area contributed by atoms with E-state index in [4.69, 9.17) is 5.11 Å². The molecule has 1 aliphatic rings. The summed E-state index contributed by atoms with van der Waals surface area (Å²) in [7, 11) is 0. The molecule has 0 unspecified atom stereocenters. The lowest BCUT2D eigenvalue weighted by Gasteiger charge is -2.30. The number of carboxylic acids is 1. The number of aromatic nitrogens is 1. The van der Waals surface area contributed by atoms with Gasteiger partial charge in [0.05, 0.1) is 12.0 Å². The summed E-state index contributed by atoms with van der Waals surface area (Å²) in [6.45, 7) is 0. The molecule has 0 saturated heterocycles. The number of aliphatic carboxylic acids is 1. The summed E-state index contributed by atoms with van der Waals surface area (Å²) in [6, 6.07) is 2.16. The van der Waals surface area contributed by atoms with Crippen LogP contribution in [-0.2, 0) is 11.0 Å². The molecule has 1 saturated carbocycles. The number of pyridine rings is 1. The molecule has 0 spiro atoms. The van der Waals surface area contributed by atoms with Gasteiger partial charge in [-0.2, -0.15) is 13.2 Å². The highest BCUT2D eigenvalue weighted by atomic mass is 19.4. The van der Waals surface area contributed by atoms with Crippen LogP contribution in [0, 0.1) is 0 Å². The molecule has 110 valence electrons. The van der Waals surface area contributed by atoms with Gasteiger partial charge in [0, 0.05) is 11.7 Å². The fraction of sp³-hybridized carbons (Fsp3) is 0.538. The van der Waals surface area contributed by atoms with Gasteiger partial charge in [0.1, 0.15) is 5.82 Å². The van der Waals surface area contributed by atoms with Crippen LogP contribution in [0.2, 0.25) is 0 Å².